The van der Waals surface area contributed by atoms with E-state index < -0.39 is 11.6 Å². The first-order valence-corrected chi connectivity index (χ1v) is 8.37. The summed E-state index contributed by atoms with van der Waals surface area (Å²) in [5, 5.41) is 12.5. The zero-order chi connectivity index (χ0) is 18.7. The lowest BCUT2D eigenvalue weighted by molar-refractivity contribution is -0.122. The third kappa shape index (κ3) is 4.16. The number of carbonyl (C=O) groups excluding carboxylic acids is 1. The van der Waals surface area contributed by atoms with E-state index >= 15 is 0 Å². The van der Waals surface area contributed by atoms with E-state index in [0.29, 0.717) is 18.7 Å². The summed E-state index contributed by atoms with van der Waals surface area (Å²) in [5.41, 5.74) is 0.916. The minimum absolute atomic E-state index is 0.0715. The Morgan fingerprint density at radius 2 is 2.12 bits per heavy atom. The van der Waals surface area contributed by atoms with Gasteiger partial charge in [0, 0.05) is 18.3 Å². The molecule has 1 fully saturated rings. The smallest absolute Gasteiger partial charge is 0.225 e. The predicted molar refractivity (Wildman–Crippen MR) is 90.5 cm³/mol. The molecule has 1 heterocycles. The van der Waals surface area contributed by atoms with Gasteiger partial charge in [-0.2, -0.15) is 0 Å². The molecule has 1 unspecified atom stereocenters. The average molecular weight is 362 g/mol. The number of benzene rings is 1. The van der Waals surface area contributed by atoms with Gasteiger partial charge >= 0.3 is 0 Å². The summed E-state index contributed by atoms with van der Waals surface area (Å²) in [6.45, 7) is 0. The van der Waals surface area contributed by atoms with Gasteiger partial charge in [0.05, 0.1) is 25.7 Å². The number of methoxy groups -OCH3 is 1. The monoisotopic (exact) mass is 362 g/mol. The van der Waals surface area contributed by atoms with Crippen LogP contribution in [0.5, 0.6) is 5.88 Å². The van der Waals surface area contributed by atoms with E-state index in [1.165, 1.54) is 13.2 Å². The van der Waals surface area contributed by atoms with Gasteiger partial charge in [-0.1, -0.05) is 12.1 Å². The Balaban J connectivity index is 1.73. The van der Waals surface area contributed by atoms with Gasteiger partial charge < -0.3 is 15.2 Å². The van der Waals surface area contributed by atoms with Crippen molar-refractivity contribution < 1.29 is 23.4 Å². The Labute approximate surface area is 150 Å². The third-order valence-electron chi connectivity index (χ3n) is 4.63. The highest BCUT2D eigenvalue weighted by molar-refractivity contribution is 5.79. The first-order chi connectivity index (χ1) is 12.5. The quantitative estimate of drug-likeness (QED) is 0.828. The van der Waals surface area contributed by atoms with Crippen molar-refractivity contribution in [2.75, 3.05) is 7.11 Å². The van der Waals surface area contributed by atoms with Crippen LogP contribution in [0.1, 0.15) is 30.0 Å². The molecule has 0 radical (unpaired) electrons. The number of aromatic nitrogens is 1. The van der Waals surface area contributed by atoms with Crippen LogP contribution in [0, 0.1) is 17.6 Å². The van der Waals surface area contributed by atoms with E-state index in [-0.39, 0.29) is 36.0 Å². The Hall–Kier alpha value is -2.54. The van der Waals surface area contributed by atoms with Crippen LogP contribution in [0.25, 0.3) is 0 Å². The fourth-order valence-corrected chi connectivity index (χ4v) is 3.13. The molecular weight excluding hydrogens is 342 g/mol. The molecule has 5 nitrogen and oxygen atoms in total. The number of pyridine rings is 1. The topological polar surface area (TPSA) is 71.5 Å². The first-order valence-electron chi connectivity index (χ1n) is 8.37. The molecule has 0 bridgehead atoms. The van der Waals surface area contributed by atoms with E-state index in [1.54, 1.807) is 18.3 Å². The maximum Gasteiger partial charge on any atom is 0.225 e. The van der Waals surface area contributed by atoms with E-state index in [2.05, 4.69) is 10.3 Å². The maximum absolute atomic E-state index is 13.8. The highest BCUT2D eigenvalue weighted by Gasteiger charge is 2.35. The van der Waals surface area contributed by atoms with Gasteiger partial charge in [0.25, 0.3) is 0 Å². The fourth-order valence-electron chi connectivity index (χ4n) is 3.13. The summed E-state index contributed by atoms with van der Waals surface area (Å²) in [7, 11) is 1.51. The van der Waals surface area contributed by atoms with Crippen molar-refractivity contribution in [2.24, 2.45) is 5.92 Å². The summed E-state index contributed by atoms with van der Waals surface area (Å²) in [4.78, 5) is 16.6. The number of carbonyl (C=O) groups is 1. The van der Waals surface area contributed by atoms with Gasteiger partial charge in [-0.15, -0.1) is 0 Å². The van der Waals surface area contributed by atoms with Gasteiger partial charge in [0.15, 0.2) is 0 Å². The lowest BCUT2D eigenvalue weighted by Gasteiger charge is -2.38. The molecule has 1 aromatic heterocycles. The van der Waals surface area contributed by atoms with Crippen LogP contribution in [-0.2, 0) is 11.2 Å². The number of nitrogens with zero attached hydrogens (tertiary/aromatic N) is 1. The van der Waals surface area contributed by atoms with Crippen molar-refractivity contribution in [3.8, 4) is 5.88 Å². The van der Waals surface area contributed by atoms with Crippen LogP contribution in [0.2, 0.25) is 0 Å². The molecule has 2 aromatic rings. The number of hydrogen-bond acceptors (Lipinski definition) is 4. The molecule has 1 aromatic carbocycles. The molecule has 1 atom stereocenters. The Kier molecular flexibility index (Phi) is 5.46. The lowest BCUT2D eigenvalue weighted by atomic mass is 9.75. The molecule has 0 saturated heterocycles. The van der Waals surface area contributed by atoms with Crippen LogP contribution in [0.3, 0.4) is 0 Å². The Morgan fingerprint density at radius 3 is 2.69 bits per heavy atom. The Morgan fingerprint density at radius 1 is 1.35 bits per heavy atom. The van der Waals surface area contributed by atoms with Crippen LogP contribution in [0.15, 0.2) is 36.5 Å². The zero-order valence-corrected chi connectivity index (χ0v) is 14.3. The molecule has 7 heteroatoms. The van der Waals surface area contributed by atoms with Crippen molar-refractivity contribution in [1.82, 2.24) is 10.3 Å². The van der Waals surface area contributed by atoms with Crippen LogP contribution >= 0.6 is 0 Å². The van der Waals surface area contributed by atoms with Crippen molar-refractivity contribution >= 4 is 5.91 Å². The van der Waals surface area contributed by atoms with Gasteiger partial charge in [-0.3, -0.25) is 4.79 Å². The molecule has 138 valence electrons. The summed E-state index contributed by atoms with van der Waals surface area (Å²) >= 11 is 0. The van der Waals surface area contributed by atoms with Crippen molar-refractivity contribution in [2.45, 2.75) is 31.4 Å². The van der Waals surface area contributed by atoms with E-state index in [1.807, 2.05) is 0 Å². The highest BCUT2D eigenvalue weighted by atomic mass is 19.1. The van der Waals surface area contributed by atoms with Gasteiger partial charge in [0.2, 0.25) is 11.8 Å². The second-order valence-corrected chi connectivity index (χ2v) is 6.48. The minimum atomic E-state index is -0.748. The summed E-state index contributed by atoms with van der Waals surface area (Å²) in [6.07, 6.45) is 2.19. The maximum atomic E-state index is 13.8. The molecule has 1 aliphatic rings. The zero-order valence-electron chi connectivity index (χ0n) is 14.3. The number of amides is 1. The van der Waals surface area contributed by atoms with Gasteiger partial charge in [-0.05, 0) is 36.0 Å². The Bertz CT molecular complexity index is 777. The summed E-state index contributed by atoms with van der Waals surface area (Å²) in [6, 6.07) is 6.31. The number of halogens is 2. The summed E-state index contributed by atoms with van der Waals surface area (Å²) in [5.74, 6) is -1.28. The molecule has 1 aliphatic carbocycles. The largest absolute Gasteiger partial charge is 0.481 e. The SMILES string of the molecule is COc1ccc(C(NC(=O)Cc2ccc(F)cc2F)C2CC(O)C2)cn1. The van der Waals surface area contributed by atoms with E-state index in [4.69, 9.17) is 4.74 Å². The molecule has 26 heavy (non-hydrogen) atoms. The van der Waals surface area contributed by atoms with Gasteiger partial charge in [-0.25, -0.2) is 13.8 Å². The van der Waals surface area contributed by atoms with Crippen LogP contribution in [0.4, 0.5) is 8.78 Å². The molecule has 3 rings (SSSR count). The van der Waals surface area contributed by atoms with E-state index in [9.17, 15) is 18.7 Å². The molecule has 2 N–H and O–H groups in total. The average Bonchev–Trinajstić information content (AvgIpc) is 2.60. The van der Waals surface area contributed by atoms with Gasteiger partial charge in [0.1, 0.15) is 11.6 Å². The standard InChI is InChI=1S/C19H20F2N2O3/c1-26-18-5-3-12(10-22-18)19(13-6-15(24)7-13)23-17(25)8-11-2-4-14(20)9-16(11)21/h2-5,9-10,13,15,19,24H,6-8H2,1H3,(H,23,25). The lowest BCUT2D eigenvalue weighted by Crippen LogP contribution is -2.42. The number of ether oxygens (including phenoxy) is 1. The number of rotatable bonds is 6. The van der Waals surface area contributed by atoms with E-state index in [0.717, 1.165) is 17.7 Å². The van der Waals surface area contributed by atoms with Crippen molar-refractivity contribution in [3.05, 3.63) is 59.3 Å². The number of aliphatic hydroxyl groups excluding tert-OH is 1. The second kappa shape index (κ2) is 7.78. The third-order valence-corrected chi connectivity index (χ3v) is 4.63. The minimum Gasteiger partial charge on any atom is -0.481 e. The molecule has 0 aliphatic heterocycles. The van der Waals surface area contributed by atoms with Crippen LogP contribution < -0.4 is 10.1 Å². The molecule has 0 spiro atoms. The summed E-state index contributed by atoms with van der Waals surface area (Å²) < 4.78 is 31.8. The first kappa shape index (κ1) is 18.3. The second-order valence-electron chi connectivity index (χ2n) is 6.48. The predicted octanol–water partition coefficient (Wildman–Crippen LogP) is 2.54. The number of aliphatic hydroxyl groups is 1. The highest BCUT2D eigenvalue weighted by Crippen LogP contribution is 2.38. The number of hydrogen-bond donors (Lipinski definition) is 2. The van der Waals surface area contributed by atoms with Crippen LogP contribution in [-0.4, -0.2) is 29.2 Å². The van der Waals surface area contributed by atoms with Crippen molar-refractivity contribution in [1.29, 1.82) is 0 Å². The number of nitrogens with one attached hydrogen (secondary N) is 1. The molecule has 1 amide bonds. The van der Waals surface area contributed by atoms with Crippen molar-refractivity contribution in [3.63, 3.8) is 0 Å². The molecular formula is C19H20F2N2O3. The fraction of sp³-hybridized carbons (Fsp3) is 0.368. The molecule has 1 saturated carbocycles. The normalized spacial score (nSPS) is 20.2.